The van der Waals surface area contributed by atoms with Crippen molar-refractivity contribution >= 4 is 5.91 Å². The Labute approximate surface area is 471 Å². The molecule has 75 heavy (non-hydrogen) atoms. The van der Waals surface area contributed by atoms with E-state index >= 15 is 0 Å². The number of carbonyl (C=O) groups excluding carboxylic acids is 1. The summed E-state index contributed by atoms with van der Waals surface area (Å²) in [7, 11) is 0. The van der Waals surface area contributed by atoms with Crippen LogP contribution >= 0.6 is 0 Å². The molecule has 0 fully saturated rings. The van der Waals surface area contributed by atoms with Crippen molar-refractivity contribution in [1.29, 1.82) is 0 Å². The highest BCUT2D eigenvalue weighted by Crippen LogP contribution is 2.20. The molecule has 0 saturated heterocycles. The summed E-state index contributed by atoms with van der Waals surface area (Å²) in [6.45, 7) is 4.23. The average molecular weight is 1060 g/mol. The molecule has 0 bridgehead atoms. The van der Waals surface area contributed by atoms with Crippen LogP contribution in [0.15, 0.2) is 12.2 Å². The Morgan fingerprint density at radius 2 is 0.533 bits per heavy atom. The number of amides is 1. The van der Waals surface area contributed by atoms with Crippen LogP contribution in [0.3, 0.4) is 0 Å². The third-order valence-corrected chi connectivity index (χ3v) is 16.9. The second-order valence-corrected chi connectivity index (χ2v) is 24.4. The molecule has 0 aliphatic carbocycles. The van der Waals surface area contributed by atoms with Crippen molar-refractivity contribution in [3.05, 3.63) is 12.2 Å². The molecule has 0 aliphatic heterocycles. The molecule has 0 spiro atoms. The van der Waals surface area contributed by atoms with Gasteiger partial charge in [0, 0.05) is 6.42 Å². The van der Waals surface area contributed by atoms with Gasteiger partial charge >= 0.3 is 0 Å². The fourth-order valence-corrected chi connectivity index (χ4v) is 11.5. The van der Waals surface area contributed by atoms with Gasteiger partial charge in [-0.25, -0.2) is 0 Å². The number of hydrogen-bond acceptors (Lipinski definition) is 4. The molecule has 0 aliphatic rings. The molecular formula is C70H139NO4. The summed E-state index contributed by atoms with van der Waals surface area (Å²) in [5.74, 6) is -0.144. The largest absolute Gasteiger partial charge is 0.394 e. The SMILES string of the molecule is CCCCCCCCCCCCCCCCCCCCC/C=C/CCCC(O)C(O)C(CO)NC(=O)CCCCCCCCCCCCCCCCCCCCCCCCCCCCCCCCCCCCCCC. The van der Waals surface area contributed by atoms with Gasteiger partial charge in [-0.15, -0.1) is 0 Å². The van der Waals surface area contributed by atoms with E-state index in [0.29, 0.717) is 12.8 Å². The third kappa shape index (κ3) is 60.6. The first kappa shape index (κ1) is 74.1. The fourth-order valence-electron chi connectivity index (χ4n) is 11.5. The third-order valence-electron chi connectivity index (χ3n) is 16.9. The normalized spacial score (nSPS) is 13.1. The van der Waals surface area contributed by atoms with Gasteiger partial charge in [0.1, 0.15) is 6.10 Å². The lowest BCUT2D eigenvalue weighted by Crippen LogP contribution is -2.50. The van der Waals surface area contributed by atoms with E-state index in [9.17, 15) is 20.1 Å². The predicted molar refractivity (Wildman–Crippen MR) is 333 cm³/mol. The average Bonchev–Trinajstić information content (AvgIpc) is 3.41. The lowest BCUT2D eigenvalue weighted by Gasteiger charge is -2.26. The smallest absolute Gasteiger partial charge is 0.220 e. The van der Waals surface area contributed by atoms with Crippen LogP contribution < -0.4 is 5.32 Å². The van der Waals surface area contributed by atoms with Crippen LogP contribution in [-0.4, -0.2) is 46.1 Å². The lowest BCUT2D eigenvalue weighted by molar-refractivity contribution is -0.124. The van der Waals surface area contributed by atoms with E-state index < -0.39 is 18.2 Å². The summed E-state index contributed by atoms with van der Waals surface area (Å²) in [4.78, 5) is 12.6. The van der Waals surface area contributed by atoms with Crippen molar-refractivity contribution in [3.63, 3.8) is 0 Å². The van der Waals surface area contributed by atoms with Gasteiger partial charge in [-0.2, -0.15) is 0 Å². The van der Waals surface area contributed by atoms with Crippen molar-refractivity contribution < 1.29 is 20.1 Å². The second kappa shape index (κ2) is 65.6. The highest BCUT2D eigenvalue weighted by molar-refractivity contribution is 5.76. The van der Waals surface area contributed by atoms with E-state index in [1.807, 2.05) is 0 Å². The zero-order valence-electron chi connectivity index (χ0n) is 51.5. The van der Waals surface area contributed by atoms with Gasteiger partial charge in [0.05, 0.1) is 18.8 Å². The fraction of sp³-hybridized carbons (Fsp3) is 0.957. The number of unbranched alkanes of at least 4 members (excludes halogenated alkanes) is 56. The maximum atomic E-state index is 12.6. The van der Waals surface area contributed by atoms with Crippen LogP contribution in [0.5, 0.6) is 0 Å². The summed E-state index contributed by atoms with van der Waals surface area (Å²) in [5.41, 5.74) is 0. The van der Waals surface area contributed by atoms with Crippen LogP contribution in [-0.2, 0) is 4.79 Å². The molecule has 0 rings (SSSR count). The molecule has 0 heterocycles. The van der Waals surface area contributed by atoms with Crippen LogP contribution in [0, 0.1) is 0 Å². The van der Waals surface area contributed by atoms with Gasteiger partial charge in [-0.3, -0.25) is 4.79 Å². The Kier molecular flexibility index (Phi) is 64.8. The zero-order valence-corrected chi connectivity index (χ0v) is 51.5. The highest BCUT2D eigenvalue weighted by Gasteiger charge is 2.26. The number of carbonyl (C=O) groups is 1. The zero-order chi connectivity index (χ0) is 54.3. The van der Waals surface area contributed by atoms with Crippen molar-refractivity contribution in [2.75, 3.05) is 6.61 Å². The maximum Gasteiger partial charge on any atom is 0.220 e. The highest BCUT2D eigenvalue weighted by atomic mass is 16.3. The van der Waals surface area contributed by atoms with Gasteiger partial charge in [0.2, 0.25) is 5.91 Å². The standard InChI is InChI=1S/C70H139NO4/c1-3-5-7-9-11-13-15-17-19-21-23-25-27-29-30-31-32-33-34-35-36-37-38-39-40-41-43-45-47-49-51-53-55-57-59-61-63-65-69(74)71-67(66-72)70(75)68(73)64-62-60-58-56-54-52-50-48-46-44-42-28-26-24-22-20-18-16-14-12-10-8-6-4-2/h56,58,67-68,70,72-73,75H,3-55,57,59-66H2,1-2H3,(H,71,74)/b58-56+. The van der Waals surface area contributed by atoms with Gasteiger partial charge < -0.3 is 20.6 Å². The first-order valence-corrected chi connectivity index (χ1v) is 35.0. The summed E-state index contributed by atoms with van der Waals surface area (Å²) in [5, 5.41) is 33.9. The molecule has 1 amide bonds. The number of allylic oxidation sites excluding steroid dienone is 2. The Morgan fingerprint density at radius 3 is 0.773 bits per heavy atom. The molecule has 0 radical (unpaired) electrons. The molecule has 3 unspecified atom stereocenters. The van der Waals surface area contributed by atoms with Crippen molar-refractivity contribution in [1.82, 2.24) is 5.32 Å². The lowest BCUT2D eigenvalue weighted by atomic mass is 10.0. The van der Waals surface area contributed by atoms with E-state index in [0.717, 1.165) is 38.5 Å². The van der Waals surface area contributed by atoms with Crippen LogP contribution in [0.4, 0.5) is 0 Å². The number of aliphatic hydroxyl groups excluding tert-OH is 3. The maximum absolute atomic E-state index is 12.6. The Balaban J connectivity index is 3.44. The molecule has 0 saturated carbocycles. The molecular weight excluding hydrogens is 919 g/mol. The van der Waals surface area contributed by atoms with Crippen LogP contribution in [0.25, 0.3) is 0 Å². The summed E-state index contributed by atoms with van der Waals surface area (Å²) >= 11 is 0. The van der Waals surface area contributed by atoms with E-state index in [-0.39, 0.29) is 12.5 Å². The van der Waals surface area contributed by atoms with Gasteiger partial charge in [0.15, 0.2) is 0 Å². The van der Waals surface area contributed by atoms with E-state index in [4.69, 9.17) is 0 Å². The number of nitrogens with one attached hydrogen (secondary N) is 1. The number of rotatable bonds is 66. The van der Waals surface area contributed by atoms with E-state index in [2.05, 4.69) is 31.3 Å². The van der Waals surface area contributed by atoms with Gasteiger partial charge in [-0.05, 0) is 38.5 Å². The minimum absolute atomic E-state index is 0.144. The van der Waals surface area contributed by atoms with Crippen molar-refractivity contribution in [2.45, 2.75) is 424 Å². The molecule has 5 nitrogen and oxygen atoms in total. The molecule has 0 aromatic carbocycles. The topological polar surface area (TPSA) is 89.8 Å². The number of hydrogen-bond donors (Lipinski definition) is 4. The predicted octanol–water partition coefficient (Wildman–Crippen LogP) is 22.6. The van der Waals surface area contributed by atoms with Crippen molar-refractivity contribution in [3.8, 4) is 0 Å². The monoisotopic (exact) mass is 1060 g/mol. The van der Waals surface area contributed by atoms with Crippen LogP contribution in [0.1, 0.15) is 406 Å². The van der Waals surface area contributed by atoms with E-state index in [1.54, 1.807) is 0 Å². The summed E-state index contributed by atoms with van der Waals surface area (Å²) in [6, 6.07) is -0.824. The first-order chi connectivity index (χ1) is 37.1. The summed E-state index contributed by atoms with van der Waals surface area (Å²) in [6.07, 6.45) is 84.4. The Hall–Kier alpha value is -0.910. The molecule has 0 aromatic heterocycles. The molecule has 5 heteroatoms. The molecule has 0 aromatic rings. The molecule has 3 atom stereocenters. The minimum Gasteiger partial charge on any atom is -0.394 e. The summed E-state index contributed by atoms with van der Waals surface area (Å²) < 4.78 is 0. The first-order valence-electron chi connectivity index (χ1n) is 35.0. The van der Waals surface area contributed by atoms with Gasteiger partial charge in [0.25, 0.3) is 0 Å². The second-order valence-electron chi connectivity index (χ2n) is 24.4. The molecule has 448 valence electrons. The van der Waals surface area contributed by atoms with E-state index in [1.165, 1.54) is 340 Å². The number of aliphatic hydroxyl groups is 3. The Bertz CT molecular complexity index is 1080. The Morgan fingerprint density at radius 1 is 0.320 bits per heavy atom. The van der Waals surface area contributed by atoms with Crippen molar-refractivity contribution in [2.24, 2.45) is 0 Å². The molecule has 4 N–H and O–H groups in total. The van der Waals surface area contributed by atoms with Gasteiger partial charge in [-0.1, -0.05) is 373 Å². The minimum atomic E-state index is -1.16. The quantitative estimate of drug-likeness (QED) is 0.0361. The van der Waals surface area contributed by atoms with Crippen LogP contribution in [0.2, 0.25) is 0 Å².